The number of carbonyl (C=O) groups is 1. The Kier molecular flexibility index (Phi) is 7.73. The number of ketones is 1. The third-order valence-electron chi connectivity index (χ3n) is 4.97. The van der Waals surface area contributed by atoms with Crippen molar-refractivity contribution in [2.24, 2.45) is 0 Å². The van der Waals surface area contributed by atoms with Crippen LogP contribution in [-0.2, 0) is 18.6 Å². The lowest BCUT2D eigenvalue weighted by Crippen LogP contribution is -2.16. The van der Waals surface area contributed by atoms with Gasteiger partial charge in [0, 0.05) is 34.2 Å². The molecular weight excluding hydrogens is 423 g/mol. The van der Waals surface area contributed by atoms with Crippen molar-refractivity contribution in [1.29, 1.82) is 0 Å². The maximum Gasteiger partial charge on any atom is 0.193 e. The lowest BCUT2D eigenvalue weighted by molar-refractivity contribution is 0.103. The molecule has 3 nitrogen and oxygen atoms in total. The molecule has 1 aliphatic heterocycles. The number of halogens is 2. The second kappa shape index (κ2) is 10.3. The standard InChI is InChI=1S/C23H21ClN2OS.ClH/c24-21-6-5-17-7-11-26-14-10-20(17)23(21)28-15-16-1-3-18(4-2-16)22(27)19-8-12-25-13-9-19;/h1-6,8-9,12-13,26H,7,10-11,14-15H2;1H. The van der Waals surface area contributed by atoms with Gasteiger partial charge in [-0.05, 0) is 60.8 Å². The number of nitrogens with one attached hydrogen (secondary N) is 1. The van der Waals surface area contributed by atoms with Crippen LogP contribution in [0.1, 0.15) is 32.6 Å². The quantitative estimate of drug-likeness (QED) is 0.424. The zero-order chi connectivity index (χ0) is 19.3. The molecule has 0 saturated carbocycles. The van der Waals surface area contributed by atoms with Gasteiger partial charge in [-0.3, -0.25) is 9.78 Å². The average Bonchev–Trinajstić information content (AvgIpc) is 2.99. The van der Waals surface area contributed by atoms with Crippen molar-refractivity contribution in [2.75, 3.05) is 13.1 Å². The number of thioether (sulfide) groups is 1. The molecule has 0 saturated heterocycles. The minimum Gasteiger partial charge on any atom is -0.316 e. The Morgan fingerprint density at radius 1 is 0.966 bits per heavy atom. The minimum atomic E-state index is 0. The Bertz CT molecular complexity index is 978. The van der Waals surface area contributed by atoms with Crippen LogP contribution >= 0.6 is 35.8 Å². The number of hydrogen-bond donors (Lipinski definition) is 1. The molecule has 0 atom stereocenters. The normalized spacial score (nSPS) is 13.1. The van der Waals surface area contributed by atoms with Crippen LogP contribution in [0.3, 0.4) is 0 Å². The van der Waals surface area contributed by atoms with Crippen molar-refractivity contribution in [3.05, 3.63) is 93.8 Å². The Labute approximate surface area is 186 Å². The van der Waals surface area contributed by atoms with Gasteiger partial charge in [-0.2, -0.15) is 0 Å². The molecule has 0 spiro atoms. The Morgan fingerprint density at radius 2 is 1.66 bits per heavy atom. The highest BCUT2D eigenvalue weighted by atomic mass is 35.5. The van der Waals surface area contributed by atoms with E-state index < -0.39 is 0 Å². The van der Waals surface area contributed by atoms with Crippen LogP contribution in [0, 0.1) is 0 Å². The van der Waals surface area contributed by atoms with E-state index in [1.165, 1.54) is 21.6 Å². The minimum absolute atomic E-state index is 0. The first-order chi connectivity index (χ1) is 13.7. The fraction of sp³-hybridized carbons (Fsp3) is 0.217. The highest BCUT2D eigenvalue weighted by Crippen LogP contribution is 2.36. The van der Waals surface area contributed by atoms with Crippen molar-refractivity contribution in [3.63, 3.8) is 0 Å². The monoisotopic (exact) mass is 444 g/mol. The van der Waals surface area contributed by atoms with Crippen LogP contribution in [0.5, 0.6) is 0 Å². The predicted molar refractivity (Wildman–Crippen MR) is 123 cm³/mol. The number of benzene rings is 2. The van der Waals surface area contributed by atoms with E-state index in [0.717, 1.165) is 36.7 Å². The summed E-state index contributed by atoms with van der Waals surface area (Å²) in [6, 6.07) is 15.5. The lowest BCUT2D eigenvalue weighted by atomic mass is 10.0. The van der Waals surface area contributed by atoms with Gasteiger partial charge in [0.2, 0.25) is 0 Å². The molecule has 150 valence electrons. The summed E-state index contributed by atoms with van der Waals surface area (Å²) in [6.45, 7) is 2.01. The molecule has 0 fully saturated rings. The van der Waals surface area contributed by atoms with Crippen LogP contribution < -0.4 is 5.32 Å². The van der Waals surface area contributed by atoms with Crippen LogP contribution in [0.2, 0.25) is 5.02 Å². The summed E-state index contributed by atoms with van der Waals surface area (Å²) < 4.78 is 0. The molecule has 2 aromatic carbocycles. The van der Waals surface area contributed by atoms with Crippen LogP contribution in [0.4, 0.5) is 0 Å². The highest BCUT2D eigenvalue weighted by Gasteiger charge is 2.15. The molecular formula is C23H22Cl2N2OS. The van der Waals surface area contributed by atoms with E-state index in [-0.39, 0.29) is 18.2 Å². The fourth-order valence-electron chi connectivity index (χ4n) is 3.44. The van der Waals surface area contributed by atoms with Gasteiger partial charge in [0.05, 0.1) is 5.02 Å². The molecule has 6 heteroatoms. The second-order valence-electron chi connectivity index (χ2n) is 6.81. The van der Waals surface area contributed by atoms with Crippen LogP contribution in [-0.4, -0.2) is 23.9 Å². The van der Waals surface area contributed by atoms with Gasteiger partial charge in [-0.15, -0.1) is 24.2 Å². The van der Waals surface area contributed by atoms with Crippen molar-refractivity contribution in [2.45, 2.75) is 23.5 Å². The summed E-state index contributed by atoms with van der Waals surface area (Å²) in [4.78, 5) is 17.7. The Morgan fingerprint density at radius 3 is 2.41 bits per heavy atom. The summed E-state index contributed by atoms with van der Waals surface area (Å²) in [5, 5.41) is 4.29. The smallest absolute Gasteiger partial charge is 0.193 e. The molecule has 2 heterocycles. The van der Waals surface area contributed by atoms with Crippen molar-refractivity contribution in [1.82, 2.24) is 10.3 Å². The van der Waals surface area contributed by atoms with Crippen LogP contribution in [0.25, 0.3) is 0 Å². The molecule has 0 aliphatic carbocycles. The van der Waals surface area contributed by atoms with Gasteiger partial charge >= 0.3 is 0 Å². The number of aromatic nitrogens is 1. The molecule has 4 rings (SSSR count). The van der Waals surface area contributed by atoms with E-state index in [9.17, 15) is 4.79 Å². The van der Waals surface area contributed by atoms with E-state index in [1.54, 1.807) is 36.3 Å². The summed E-state index contributed by atoms with van der Waals surface area (Å²) in [5.41, 5.74) is 5.31. The van der Waals surface area contributed by atoms with Crippen molar-refractivity contribution < 1.29 is 4.79 Å². The number of nitrogens with zero attached hydrogens (tertiary/aromatic N) is 1. The molecule has 29 heavy (non-hydrogen) atoms. The largest absolute Gasteiger partial charge is 0.316 e. The second-order valence-corrected chi connectivity index (χ2v) is 8.21. The van der Waals surface area contributed by atoms with Gasteiger partial charge in [0.15, 0.2) is 5.78 Å². The first-order valence-electron chi connectivity index (χ1n) is 9.40. The molecule has 0 radical (unpaired) electrons. The first-order valence-corrected chi connectivity index (χ1v) is 10.8. The third-order valence-corrected chi connectivity index (χ3v) is 6.63. The molecule has 1 aliphatic rings. The molecule has 0 bridgehead atoms. The summed E-state index contributed by atoms with van der Waals surface area (Å²) in [6.07, 6.45) is 5.34. The van der Waals surface area contributed by atoms with Gasteiger partial charge in [-0.25, -0.2) is 0 Å². The van der Waals surface area contributed by atoms with Crippen LogP contribution in [0.15, 0.2) is 65.8 Å². The maximum atomic E-state index is 12.5. The van der Waals surface area contributed by atoms with Crippen molar-refractivity contribution in [3.8, 4) is 0 Å². The zero-order valence-electron chi connectivity index (χ0n) is 15.9. The van der Waals surface area contributed by atoms with E-state index >= 15 is 0 Å². The van der Waals surface area contributed by atoms with E-state index in [2.05, 4.69) is 16.4 Å². The van der Waals surface area contributed by atoms with Gasteiger partial charge < -0.3 is 5.32 Å². The molecule has 3 aromatic rings. The number of carbonyl (C=O) groups excluding carboxylic acids is 1. The van der Waals surface area contributed by atoms with Gasteiger partial charge in [0.1, 0.15) is 0 Å². The number of fused-ring (bicyclic) bond motifs is 1. The summed E-state index contributed by atoms with van der Waals surface area (Å²) in [7, 11) is 0. The SMILES string of the molecule is Cl.O=C(c1ccncc1)c1ccc(CSc2c(Cl)ccc3c2CCNCC3)cc1. The lowest BCUT2D eigenvalue weighted by Gasteiger charge is -2.14. The third kappa shape index (κ3) is 5.20. The topological polar surface area (TPSA) is 42.0 Å². The zero-order valence-corrected chi connectivity index (χ0v) is 18.2. The van der Waals surface area contributed by atoms with Crippen molar-refractivity contribution >= 4 is 41.6 Å². The molecule has 1 aromatic heterocycles. The maximum absolute atomic E-state index is 12.5. The highest BCUT2D eigenvalue weighted by molar-refractivity contribution is 7.98. The first kappa shape index (κ1) is 21.8. The Hall–Kier alpha value is -1.85. The number of hydrogen-bond acceptors (Lipinski definition) is 4. The Balaban J connectivity index is 0.00000240. The van der Waals surface area contributed by atoms with E-state index in [1.807, 2.05) is 30.3 Å². The van der Waals surface area contributed by atoms with Gasteiger partial charge in [-0.1, -0.05) is 41.9 Å². The summed E-state index contributed by atoms with van der Waals surface area (Å²) >= 11 is 8.31. The average molecular weight is 445 g/mol. The molecule has 0 unspecified atom stereocenters. The fourth-order valence-corrected chi connectivity index (χ4v) is 4.90. The van der Waals surface area contributed by atoms with E-state index in [0.29, 0.717) is 11.1 Å². The predicted octanol–water partition coefficient (Wildman–Crippen LogP) is 5.37. The molecule has 0 amide bonds. The van der Waals surface area contributed by atoms with E-state index in [4.69, 9.17) is 11.6 Å². The molecule has 1 N–H and O–H groups in total. The summed E-state index contributed by atoms with van der Waals surface area (Å²) in [5.74, 6) is 0.846. The number of pyridine rings is 1. The number of rotatable bonds is 5. The van der Waals surface area contributed by atoms with Gasteiger partial charge in [0.25, 0.3) is 0 Å².